The number of aliphatic hydroxyl groups is 1. The number of ether oxygens (including phenoxy) is 1. The van der Waals surface area contributed by atoms with Crippen molar-refractivity contribution in [3.8, 4) is 0 Å². The van der Waals surface area contributed by atoms with Crippen LogP contribution < -0.4 is 4.90 Å². The molecule has 0 radical (unpaired) electrons. The fourth-order valence-corrected chi connectivity index (χ4v) is 2.62. The third-order valence-electron chi connectivity index (χ3n) is 3.43. The van der Waals surface area contributed by atoms with Crippen molar-refractivity contribution in [3.63, 3.8) is 0 Å². The second-order valence-corrected chi connectivity index (χ2v) is 5.04. The molecule has 1 aromatic rings. The van der Waals surface area contributed by atoms with E-state index in [1.54, 1.807) is 7.11 Å². The van der Waals surface area contributed by atoms with Crippen molar-refractivity contribution in [1.29, 1.82) is 0 Å². The van der Waals surface area contributed by atoms with E-state index >= 15 is 0 Å². The number of hydrogen-bond acceptors (Lipinski definition) is 4. The number of nitrogens with zero attached hydrogens (tertiary/aromatic N) is 2. The van der Waals surface area contributed by atoms with Gasteiger partial charge in [0.1, 0.15) is 5.82 Å². The molecule has 1 aliphatic rings. The Hall–Kier alpha value is -1.13. The predicted molar refractivity (Wildman–Crippen MR) is 71.7 cm³/mol. The molecule has 1 atom stereocenters. The Bertz CT molecular complexity index is 393. The van der Waals surface area contributed by atoms with Crippen molar-refractivity contribution >= 4 is 5.82 Å². The van der Waals surface area contributed by atoms with Crippen LogP contribution in [-0.4, -0.2) is 36.9 Å². The fourth-order valence-electron chi connectivity index (χ4n) is 2.62. The maximum Gasteiger partial charge on any atom is 0.129 e. The lowest BCUT2D eigenvalue weighted by atomic mass is 9.99. The van der Waals surface area contributed by atoms with E-state index in [0.29, 0.717) is 5.92 Å². The van der Waals surface area contributed by atoms with Gasteiger partial charge >= 0.3 is 0 Å². The number of anilines is 1. The van der Waals surface area contributed by atoms with Crippen LogP contribution in [0.1, 0.15) is 24.1 Å². The van der Waals surface area contributed by atoms with Gasteiger partial charge in [-0.1, -0.05) is 0 Å². The van der Waals surface area contributed by atoms with E-state index in [1.165, 1.54) is 12.8 Å². The summed E-state index contributed by atoms with van der Waals surface area (Å²) in [6, 6.07) is 3.92. The van der Waals surface area contributed by atoms with E-state index in [0.717, 1.165) is 36.8 Å². The molecule has 100 valence electrons. The third-order valence-corrected chi connectivity index (χ3v) is 3.43. The normalized spacial score (nSPS) is 20.2. The number of aliphatic hydroxyl groups excluding tert-OH is 1. The first-order valence-corrected chi connectivity index (χ1v) is 6.55. The van der Waals surface area contributed by atoms with Gasteiger partial charge in [0.2, 0.25) is 0 Å². The SMILES string of the molecule is COCC1CCCN(c2cc(CO)cc(C)n2)C1. The summed E-state index contributed by atoms with van der Waals surface area (Å²) in [5, 5.41) is 9.25. The van der Waals surface area contributed by atoms with Gasteiger partial charge in [-0.05, 0) is 43.4 Å². The van der Waals surface area contributed by atoms with Gasteiger partial charge in [0.05, 0.1) is 13.2 Å². The molecule has 1 fully saturated rings. The first-order chi connectivity index (χ1) is 8.72. The van der Waals surface area contributed by atoms with Gasteiger partial charge in [-0.25, -0.2) is 4.98 Å². The zero-order chi connectivity index (χ0) is 13.0. The molecule has 0 aliphatic carbocycles. The zero-order valence-electron chi connectivity index (χ0n) is 11.2. The van der Waals surface area contributed by atoms with Gasteiger partial charge in [0, 0.05) is 25.9 Å². The third kappa shape index (κ3) is 3.21. The zero-order valence-corrected chi connectivity index (χ0v) is 11.2. The molecule has 0 amide bonds. The van der Waals surface area contributed by atoms with Crippen molar-refractivity contribution in [3.05, 3.63) is 23.4 Å². The highest BCUT2D eigenvalue weighted by Crippen LogP contribution is 2.23. The van der Waals surface area contributed by atoms with Crippen molar-refractivity contribution in [2.75, 3.05) is 31.7 Å². The Balaban J connectivity index is 2.12. The maximum absolute atomic E-state index is 9.25. The molecule has 1 saturated heterocycles. The van der Waals surface area contributed by atoms with Crippen molar-refractivity contribution < 1.29 is 9.84 Å². The van der Waals surface area contributed by atoms with E-state index in [1.807, 2.05) is 19.1 Å². The van der Waals surface area contributed by atoms with E-state index in [-0.39, 0.29) is 6.61 Å². The maximum atomic E-state index is 9.25. The van der Waals surface area contributed by atoms with Crippen LogP contribution in [0.5, 0.6) is 0 Å². The molecular formula is C14H22N2O2. The molecular weight excluding hydrogens is 228 g/mol. The average molecular weight is 250 g/mol. The molecule has 0 aromatic carbocycles. The molecule has 2 rings (SSSR count). The largest absolute Gasteiger partial charge is 0.392 e. The Kier molecular flexibility index (Phi) is 4.55. The molecule has 18 heavy (non-hydrogen) atoms. The minimum Gasteiger partial charge on any atom is -0.392 e. The van der Waals surface area contributed by atoms with Crippen LogP contribution in [-0.2, 0) is 11.3 Å². The van der Waals surface area contributed by atoms with Crippen LogP contribution in [0.2, 0.25) is 0 Å². The summed E-state index contributed by atoms with van der Waals surface area (Å²) in [5.74, 6) is 1.57. The number of aromatic nitrogens is 1. The molecule has 1 N–H and O–H groups in total. The van der Waals surface area contributed by atoms with Crippen LogP contribution in [0.3, 0.4) is 0 Å². The highest BCUT2D eigenvalue weighted by molar-refractivity contribution is 5.43. The van der Waals surface area contributed by atoms with Gasteiger partial charge in [-0.2, -0.15) is 0 Å². The predicted octanol–water partition coefficient (Wildman–Crippen LogP) is 1.75. The van der Waals surface area contributed by atoms with E-state index in [4.69, 9.17) is 4.74 Å². The second kappa shape index (κ2) is 6.16. The number of methoxy groups -OCH3 is 1. The van der Waals surface area contributed by atoms with E-state index < -0.39 is 0 Å². The molecule has 0 bridgehead atoms. The smallest absolute Gasteiger partial charge is 0.129 e. The molecule has 2 heterocycles. The summed E-state index contributed by atoms with van der Waals surface area (Å²) in [5.41, 5.74) is 1.90. The summed E-state index contributed by atoms with van der Waals surface area (Å²) < 4.78 is 5.25. The summed E-state index contributed by atoms with van der Waals surface area (Å²) in [7, 11) is 1.76. The topological polar surface area (TPSA) is 45.6 Å². The first-order valence-electron chi connectivity index (χ1n) is 6.55. The Morgan fingerprint density at radius 3 is 3.06 bits per heavy atom. The van der Waals surface area contributed by atoms with Gasteiger partial charge < -0.3 is 14.7 Å². The molecule has 1 aromatic heterocycles. The fraction of sp³-hybridized carbons (Fsp3) is 0.643. The van der Waals surface area contributed by atoms with Crippen molar-refractivity contribution in [1.82, 2.24) is 4.98 Å². The summed E-state index contributed by atoms with van der Waals surface area (Å²) in [6.45, 7) is 4.90. The van der Waals surface area contributed by atoms with Crippen LogP contribution >= 0.6 is 0 Å². The summed E-state index contributed by atoms with van der Waals surface area (Å²) >= 11 is 0. The minimum absolute atomic E-state index is 0.0751. The average Bonchev–Trinajstić information content (AvgIpc) is 2.39. The van der Waals surface area contributed by atoms with E-state index in [2.05, 4.69) is 9.88 Å². The molecule has 1 aliphatic heterocycles. The van der Waals surface area contributed by atoms with Gasteiger partial charge in [-0.3, -0.25) is 0 Å². The molecule has 4 nitrogen and oxygen atoms in total. The highest BCUT2D eigenvalue weighted by Gasteiger charge is 2.21. The Morgan fingerprint density at radius 1 is 1.50 bits per heavy atom. The van der Waals surface area contributed by atoms with Gasteiger partial charge in [0.15, 0.2) is 0 Å². The molecule has 0 spiro atoms. The minimum atomic E-state index is 0.0751. The Morgan fingerprint density at radius 2 is 2.33 bits per heavy atom. The van der Waals surface area contributed by atoms with Crippen LogP contribution in [0, 0.1) is 12.8 Å². The summed E-state index contributed by atoms with van der Waals surface area (Å²) in [6.07, 6.45) is 2.40. The number of hydrogen-bond donors (Lipinski definition) is 1. The Labute approximate surface area is 109 Å². The lowest BCUT2D eigenvalue weighted by Gasteiger charge is -2.33. The lowest BCUT2D eigenvalue weighted by Crippen LogP contribution is -2.37. The molecule has 1 unspecified atom stereocenters. The van der Waals surface area contributed by atoms with Crippen molar-refractivity contribution in [2.45, 2.75) is 26.4 Å². The van der Waals surface area contributed by atoms with Crippen LogP contribution in [0.15, 0.2) is 12.1 Å². The molecule has 0 saturated carbocycles. The number of pyridine rings is 1. The van der Waals surface area contributed by atoms with Crippen molar-refractivity contribution in [2.24, 2.45) is 5.92 Å². The van der Waals surface area contributed by atoms with Gasteiger partial charge in [0.25, 0.3) is 0 Å². The van der Waals surface area contributed by atoms with E-state index in [9.17, 15) is 5.11 Å². The number of rotatable bonds is 4. The van der Waals surface area contributed by atoms with Crippen LogP contribution in [0.4, 0.5) is 5.82 Å². The highest BCUT2D eigenvalue weighted by atomic mass is 16.5. The second-order valence-electron chi connectivity index (χ2n) is 5.04. The summed E-state index contributed by atoms with van der Waals surface area (Å²) in [4.78, 5) is 6.88. The standard InChI is InChI=1S/C14H22N2O2/c1-11-6-13(9-17)7-14(15-11)16-5-3-4-12(8-16)10-18-2/h6-7,12,17H,3-5,8-10H2,1-2H3. The monoisotopic (exact) mass is 250 g/mol. The lowest BCUT2D eigenvalue weighted by molar-refractivity contribution is 0.143. The van der Waals surface area contributed by atoms with Crippen LogP contribution in [0.25, 0.3) is 0 Å². The first kappa shape index (κ1) is 13.3. The quantitative estimate of drug-likeness (QED) is 0.884. The van der Waals surface area contributed by atoms with Gasteiger partial charge in [-0.15, -0.1) is 0 Å². The number of aryl methyl sites for hydroxylation is 1. The molecule has 4 heteroatoms. The number of piperidine rings is 1.